The van der Waals surface area contributed by atoms with E-state index in [0.29, 0.717) is 31.9 Å². The third kappa shape index (κ3) is 7.28. The smallest absolute Gasteiger partial charge is 0.249 e. The minimum atomic E-state index is -0.816. The maximum absolute atomic E-state index is 13.2. The van der Waals surface area contributed by atoms with Crippen molar-refractivity contribution in [1.82, 2.24) is 20.6 Å². The van der Waals surface area contributed by atoms with Gasteiger partial charge >= 0.3 is 0 Å². The van der Waals surface area contributed by atoms with Crippen molar-refractivity contribution >= 4 is 17.2 Å². The first kappa shape index (κ1) is 30.2. The number of ether oxygens (including phenoxy) is 2. The molecule has 6 rings (SSSR count). The Morgan fingerprint density at radius 1 is 1.19 bits per heavy atom. The number of thiazole rings is 1. The molecule has 1 aromatic carbocycles. The Morgan fingerprint density at radius 2 is 2.05 bits per heavy atom. The van der Waals surface area contributed by atoms with Crippen molar-refractivity contribution in [2.24, 2.45) is 5.41 Å². The summed E-state index contributed by atoms with van der Waals surface area (Å²) < 4.78 is 12.1. The first-order valence-electron chi connectivity index (χ1n) is 15.7. The normalized spacial score (nSPS) is 22.3. The zero-order valence-corrected chi connectivity index (χ0v) is 26.3. The molecule has 43 heavy (non-hydrogen) atoms. The number of benzene rings is 1. The van der Waals surface area contributed by atoms with Gasteiger partial charge in [-0.1, -0.05) is 39.0 Å². The summed E-state index contributed by atoms with van der Waals surface area (Å²) in [6.07, 6.45) is 9.51. The van der Waals surface area contributed by atoms with Crippen molar-refractivity contribution in [1.29, 1.82) is 0 Å². The molecule has 2 aliphatic heterocycles. The van der Waals surface area contributed by atoms with Gasteiger partial charge in [0.1, 0.15) is 16.7 Å². The van der Waals surface area contributed by atoms with Gasteiger partial charge in [0.2, 0.25) is 11.8 Å². The average Bonchev–Trinajstić information content (AvgIpc) is 3.69. The number of rotatable bonds is 10. The molecule has 2 fully saturated rings. The van der Waals surface area contributed by atoms with Crippen LogP contribution in [0.4, 0.5) is 0 Å². The number of pyridine rings is 1. The summed E-state index contributed by atoms with van der Waals surface area (Å²) in [6, 6.07) is 9.94. The largest absolute Gasteiger partial charge is 0.471 e. The van der Waals surface area contributed by atoms with Crippen LogP contribution in [0.3, 0.4) is 0 Å². The molecular formula is C34H44N4O4S. The molecule has 4 heterocycles. The molecule has 1 saturated heterocycles. The molecule has 1 unspecified atom stereocenters. The Labute approximate surface area is 258 Å². The molecule has 3 aromatic rings. The highest BCUT2D eigenvalue weighted by Gasteiger charge is 2.46. The molecular weight excluding hydrogens is 560 g/mol. The lowest BCUT2D eigenvalue weighted by molar-refractivity contribution is -0.131. The average molecular weight is 605 g/mol. The Balaban J connectivity index is 1.20. The summed E-state index contributed by atoms with van der Waals surface area (Å²) in [5.41, 5.74) is 4.28. The van der Waals surface area contributed by atoms with Crippen LogP contribution in [0, 0.1) is 5.41 Å². The number of nitrogens with one attached hydrogen (secondary N) is 2. The predicted molar refractivity (Wildman–Crippen MR) is 168 cm³/mol. The van der Waals surface area contributed by atoms with Crippen molar-refractivity contribution < 1.29 is 19.4 Å². The summed E-state index contributed by atoms with van der Waals surface area (Å²) in [5.74, 6) is 0.552. The molecule has 1 aliphatic carbocycles. The second-order valence-electron chi connectivity index (χ2n) is 13.7. The number of fused-ring (bicyclic) bond motifs is 1. The third-order valence-corrected chi connectivity index (χ3v) is 9.67. The lowest BCUT2D eigenvalue weighted by Gasteiger charge is -2.47. The Bertz CT molecular complexity index is 1400. The molecule has 1 amide bonds. The third-order valence-electron chi connectivity index (χ3n) is 8.85. The zero-order chi connectivity index (χ0) is 30.0. The number of carbonyl (C=O) groups is 1. The fraction of sp³-hybridized carbons (Fsp3) is 0.559. The van der Waals surface area contributed by atoms with Gasteiger partial charge < -0.3 is 25.2 Å². The molecule has 1 spiro atoms. The SMILES string of the molecule is CC(C)(C)Cc1cnc2c(c1)[C@@H](NC[C@@H](O)[C@H](Cc1cccc(-c3nccs3)c1)NC(=O)C1CCCO1)CC1(CCC1)O2. The number of hydrogen-bond donors (Lipinski definition) is 3. The lowest BCUT2D eigenvalue weighted by atomic mass is 9.73. The quantitative estimate of drug-likeness (QED) is 0.285. The standard InChI is InChI=1S/C34H44N4O4S/c1-33(2,3)18-23-16-25-27(19-34(10-6-11-34)42-31(25)37-20-23)36-21-28(39)26(38-30(40)29-9-5-13-41-29)17-22-7-4-8-24(15-22)32-35-12-14-43-32/h4,7-8,12,14-16,20,26-29,36,39H,5-6,9-11,13,17-19,21H2,1-3H3,(H,38,40)/t26-,27-,28+,29?/m0/s1. The van der Waals surface area contributed by atoms with Crippen LogP contribution in [0.1, 0.15) is 82.0 Å². The fourth-order valence-electron chi connectivity index (χ4n) is 6.55. The Hall–Kier alpha value is -2.85. The van der Waals surface area contributed by atoms with Gasteiger partial charge in [0, 0.05) is 54.5 Å². The van der Waals surface area contributed by atoms with E-state index in [0.717, 1.165) is 60.2 Å². The summed E-state index contributed by atoms with van der Waals surface area (Å²) in [7, 11) is 0. The van der Waals surface area contributed by atoms with E-state index in [2.05, 4.69) is 48.5 Å². The van der Waals surface area contributed by atoms with Crippen LogP contribution in [-0.2, 0) is 22.4 Å². The maximum atomic E-state index is 13.2. The summed E-state index contributed by atoms with van der Waals surface area (Å²) in [4.78, 5) is 22.4. The minimum Gasteiger partial charge on any atom is -0.471 e. The van der Waals surface area contributed by atoms with Crippen LogP contribution in [0.2, 0.25) is 0 Å². The van der Waals surface area contributed by atoms with E-state index in [9.17, 15) is 9.90 Å². The molecule has 0 bridgehead atoms. The highest BCUT2D eigenvalue weighted by molar-refractivity contribution is 7.13. The van der Waals surface area contributed by atoms with Gasteiger partial charge in [-0.2, -0.15) is 0 Å². The number of nitrogens with zero attached hydrogens (tertiary/aromatic N) is 2. The van der Waals surface area contributed by atoms with E-state index in [1.165, 1.54) is 5.56 Å². The van der Waals surface area contributed by atoms with E-state index in [-0.39, 0.29) is 23.0 Å². The van der Waals surface area contributed by atoms with Gasteiger partial charge in [0.05, 0.1) is 12.1 Å². The maximum Gasteiger partial charge on any atom is 0.249 e. The Morgan fingerprint density at radius 3 is 2.74 bits per heavy atom. The van der Waals surface area contributed by atoms with Crippen molar-refractivity contribution in [3.05, 3.63) is 64.8 Å². The van der Waals surface area contributed by atoms with Crippen molar-refractivity contribution in [3.63, 3.8) is 0 Å². The topological polar surface area (TPSA) is 106 Å². The second kappa shape index (κ2) is 12.6. The van der Waals surface area contributed by atoms with Gasteiger partial charge in [-0.05, 0) is 73.6 Å². The second-order valence-corrected chi connectivity index (χ2v) is 14.6. The van der Waals surface area contributed by atoms with Crippen LogP contribution in [0.15, 0.2) is 48.1 Å². The molecule has 4 atom stereocenters. The van der Waals surface area contributed by atoms with E-state index >= 15 is 0 Å². The van der Waals surface area contributed by atoms with Crippen LogP contribution < -0.4 is 15.4 Å². The van der Waals surface area contributed by atoms with Gasteiger partial charge in [0.25, 0.3) is 0 Å². The summed E-state index contributed by atoms with van der Waals surface area (Å²) in [6.45, 7) is 7.62. The summed E-state index contributed by atoms with van der Waals surface area (Å²) in [5, 5.41) is 21.4. The molecule has 1 saturated carbocycles. The van der Waals surface area contributed by atoms with Crippen molar-refractivity contribution in [2.45, 2.75) is 102 Å². The van der Waals surface area contributed by atoms with Crippen molar-refractivity contribution in [3.8, 4) is 16.5 Å². The molecule has 2 aromatic heterocycles. The van der Waals surface area contributed by atoms with E-state index < -0.39 is 18.2 Å². The molecule has 3 aliphatic rings. The zero-order valence-electron chi connectivity index (χ0n) is 25.5. The molecule has 3 N–H and O–H groups in total. The first-order valence-corrected chi connectivity index (χ1v) is 16.5. The highest BCUT2D eigenvalue weighted by atomic mass is 32.1. The number of carbonyl (C=O) groups excluding carboxylic acids is 1. The van der Waals surface area contributed by atoms with Gasteiger partial charge in [0.15, 0.2) is 0 Å². The Kier molecular flexibility index (Phi) is 8.87. The number of hydrogen-bond acceptors (Lipinski definition) is 8. The number of amides is 1. The van der Waals surface area contributed by atoms with E-state index in [4.69, 9.17) is 14.5 Å². The van der Waals surface area contributed by atoms with E-state index in [1.54, 1.807) is 17.5 Å². The molecule has 8 nitrogen and oxygen atoms in total. The number of aromatic nitrogens is 2. The summed E-state index contributed by atoms with van der Waals surface area (Å²) >= 11 is 1.59. The van der Waals surface area contributed by atoms with Crippen LogP contribution >= 0.6 is 11.3 Å². The van der Waals surface area contributed by atoms with Crippen LogP contribution in [0.5, 0.6) is 5.88 Å². The molecule has 0 radical (unpaired) electrons. The minimum absolute atomic E-state index is 0.00821. The number of aliphatic hydroxyl groups is 1. The van der Waals surface area contributed by atoms with E-state index in [1.807, 2.05) is 29.8 Å². The van der Waals surface area contributed by atoms with Gasteiger partial charge in [-0.15, -0.1) is 11.3 Å². The lowest BCUT2D eigenvalue weighted by Crippen LogP contribution is -2.53. The van der Waals surface area contributed by atoms with Gasteiger partial charge in [-0.3, -0.25) is 4.79 Å². The predicted octanol–water partition coefficient (Wildman–Crippen LogP) is 5.40. The molecule has 230 valence electrons. The van der Waals surface area contributed by atoms with Gasteiger partial charge in [-0.25, -0.2) is 9.97 Å². The highest BCUT2D eigenvalue weighted by Crippen LogP contribution is 2.48. The van der Waals surface area contributed by atoms with Crippen LogP contribution in [0.25, 0.3) is 10.6 Å². The monoisotopic (exact) mass is 604 g/mol. The molecule has 9 heteroatoms. The first-order chi connectivity index (χ1) is 20.7. The van der Waals surface area contributed by atoms with Crippen LogP contribution in [-0.4, -0.2) is 58.0 Å². The van der Waals surface area contributed by atoms with Crippen molar-refractivity contribution in [2.75, 3.05) is 13.2 Å². The number of aliphatic hydroxyl groups excluding tert-OH is 1. The fourth-order valence-corrected chi connectivity index (χ4v) is 7.18.